The van der Waals surface area contributed by atoms with Gasteiger partial charge in [0.15, 0.2) is 0 Å². The Morgan fingerprint density at radius 3 is 2.70 bits per heavy atom. The van der Waals surface area contributed by atoms with Gasteiger partial charge >= 0.3 is 0 Å². The van der Waals surface area contributed by atoms with Crippen LogP contribution in [0.25, 0.3) is 0 Å². The standard InChI is InChI=1S/C29H45NO3/c1-20(9-14-28(33)30-16-5-4-6-17-30)25-12-13-26-22(8-7-15-29(25,26)3)10-11-23-18-24(31)19-27(32)21(23)2/h10-11,20,24-27,31-32H,2,4-9,12-19H2,1,3H3/b22-10+,23-11-/t20-,24+,25?,26-,27-,29+/m0/s1. The molecule has 0 radical (unpaired) electrons. The summed E-state index contributed by atoms with van der Waals surface area (Å²) < 4.78 is 0. The van der Waals surface area contributed by atoms with Crippen LogP contribution in [0.4, 0.5) is 0 Å². The first-order chi connectivity index (χ1) is 15.8. The number of fused-ring (bicyclic) bond motifs is 1. The molecular formula is C29H45NO3. The molecule has 0 aromatic carbocycles. The lowest BCUT2D eigenvalue weighted by molar-refractivity contribution is -0.132. The van der Waals surface area contributed by atoms with Crippen LogP contribution in [-0.2, 0) is 4.79 Å². The number of nitrogens with zero attached hydrogens (tertiary/aromatic N) is 1. The van der Waals surface area contributed by atoms with Gasteiger partial charge in [-0.05, 0) is 98.5 Å². The van der Waals surface area contributed by atoms with Crippen molar-refractivity contribution in [2.45, 2.75) is 103 Å². The van der Waals surface area contributed by atoms with Crippen molar-refractivity contribution in [3.63, 3.8) is 0 Å². The Kier molecular flexibility index (Phi) is 7.85. The maximum atomic E-state index is 12.7. The largest absolute Gasteiger partial charge is 0.393 e. The fourth-order valence-electron chi connectivity index (χ4n) is 7.53. The highest BCUT2D eigenvalue weighted by atomic mass is 16.3. The number of allylic oxidation sites excluding steroid dienone is 3. The van der Waals surface area contributed by atoms with Gasteiger partial charge in [0, 0.05) is 25.9 Å². The lowest BCUT2D eigenvalue weighted by Crippen LogP contribution is -2.37. The lowest BCUT2D eigenvalue weighted by atomic mass is 9.60. The van der Waals surface area contributed by atoms with Crippen LogP contribution < -0.4 is 0 Å². The molecule has 4 rings (SSSR count). The Hall–Kier alpha value is -1.39. The summed E-state index contributed by atoms with van der Waals surface area (Å²) in [6.07, 6.45) is 15.8. The number of amides is 1. The average Bonchev–Trinajstić information content (AvgIpc) is 3.16. The third-order valence-electron chi connectivity index (χ3n) is 9.51. The second kappa shape index (κ2) is 10.5. The normalized spacial score (nSPS) is 38.5. The van der Waals surface area contributed by atoms with Gasteiger partial charge in [-0.3, -0.25) is 4.79 Å². The Morgan fingerprint density at radius 2 is 1.94 bits per heavy atom. The zero-order valence-corrected chi connectivity index (χ0v) is 20.9. The molecule has 1 amide bonds. The molecule has 3 saturated carbocycles. The maximum Gasteiger partial charge on any atom is 0.222 e. The van der Waals surface area contributed by atoms with Crippen LogP contribution in [-0.4, -0.2) is 46.3 Å². The topological polar surface area (TPSA) is 60.8 Å². The van der Waals surface area contributed by atoms with Gasteiger partial charge in [-0.25, -0.2) is 0 Å². The van der Waals surface area contributed by atoms with Gasteiger partial charge in [0.2, 0.25) is 5.91 Å². The number of carbonyl (C=O) groups is 1. The first kappa shape index (κ1) is 24.7. The molecule has 1 heterocycles. The van der Waals surface area contributed by atoms with E-state index in [-0.39, 0.29) is 0 Å². The van der Waals surface area contributed by atoms with Crippen molar-refractivity contribution in [2.24, 2.45) is 23.2 Å². The predicted molar refractivity (Wildman–Crippen MR) is 134 cm³/mol. The van der Waals surface area contributed by atoms with Crippen molar-refractivity contribution in [2.75, 3.05) is 13.1 Å². The second-order valence-corrected chi connectivity index (χ2v) is 11.6. The number of aliphatic hydroxyl groups is 2. The number of aliphatic hydroxyl groups excluding tert-OH is 2. The number of hydrogen-bond donors (Lipinski definition) is 2. The molecule has 1 unspecified atom stereocenters. The van der Waals surface area contributed by atoms with Crippen molar-refractivity contribution in [1.29, 1.82) is 0 Å². The molecule has 184 valence electrons. The fraction of sp³-hybridized carbons (Fsp3) is 0.759. The molecule has 0 bridgehead atoms. The van der Waals surface area contributed by atoms with Crippen molar-refractivity contribution in [3.8, 4) is 0 Å². The average molecular weight is 456 g/mol. The molecule has 6 atom stereocenters. The summed E-state index contributed by atoms with van der Waals surface area (Å²) in [6.45, 7) is 10.9. The molecule has 1 aliphatic heterocycles. The number of carbonyl (C=O) groups excluding carboxylic acids is 1. The lowest BCUT2D eigenvalue weighted by Gasteiger charge is -2.44. The summed E-state index contributed by atoms with van der Waals surface area (Å²) in [5, 5.41) is 20.2. The van der Waals surface area contributed by atoms with E-state index in [2.05, 4.69) is 37.5 Å². The van der Waals surface area contributed by atoms with E-state index < -0.39 is 12.2 Å². The van der Waals surface area contributed by atoms with Crippen LogP contribution in [0.15, 0.2) is 35.5 Å². The Balaban J connectivity index is 1.40. The van der Waals surface area contributed by atoms with Gasteiger partial charge in [0.25, 0.3) is 0 Å². The zero-order valence-electron chi connectivity index (χ0n) is 20.9. The van der Waals surface area contributed by atoms with Gasteiger partial charge < -0.3 is 15.1 Å². The SMILES string of the molecule is C=C1/C(=C\C=C2/CCC[C@]3(C)C([C@@H](C)CCC(=O)N4CCCCC4)CC[C@@H]23)C[C@@H](O)C[C@@H]1O. The number of rotatable bonds is 5. The summed E-state index contributed by atoms with van der Waals surface area (Å²) in [4.78, 5) is 14.8. The molecular weight excluding hydrogens is 410 g/mol. The molecule has 0 spiro atoms. The molecule has 4 aliphatic rings. The summed E-state index contributed by atoms with van der Waals surface area (Å²) >= 11 is 0. The molecule has 1 saturated heterocycles. The number of hydrogen-bond acceptors (Lipinski definition) is 3. The quantitative estimate of drug-likeness (QED) is 0.571. The molecule has 2 N–H and O–H groups in total. The summed E-state index contributed by atoms with van der Waals surface area (Å²) in [5.41, 5.74) is 3.63. The second-order valence-electron chi connectivity index (χ2n) is 11.6. The molecule has 4 nitrogen and oxygen atoms in total. The maximum absolute atomic E-state index is 12.7. The van der Waals surface area contributed by atoms with E-state index in [1.807, 2.05) is 0 Å². The van der Waals surface area contributed by atoms with Crippen molar-refractivity contribution in [3.05, 3.63) is 35.5 Å². The van der Waals surface area contributed by atoms with Gasteiger partial charge in [-0.2, -0.15) is 0 Å². The monoisotopic (exact) mass is 455 g/mol. The van der Waals surface area contributed by atoms with Crippen LogP contribution in [0.2, 0.25) is 0 Å². The van der Waals surface area contributed by atoms with Gasteiger partial charge in [0.05, 0.1) is 12.2 Å². The number of likely N-dealkylation sites (tertiary alicyclic amines) is 1. The summed E-state index contributed by atoms with van der Waals surface area (Å²) in [7, 11) is 0. The first-order valence-electron chi connectivity index (χ1n) is 13.5. The van der Waals surface area contributed by atoms with Crippen LogP contribution in [0.5, 0.6) is 0 Å². The zero-order chi connectivity index (χ0) is 23.6. The minimum absolute atomic E-state index is 0.318. The molecule has 0 aromatic rings. The molecule has 4 heteroatoms. The van der Waals surface area contributed by atoms with E-state index in [1.54, 1.807) is 0 Å². The van der Waals surface area contributed by atoms with E-state index in [1.165, 1.54) is 50.5 Å². The predicted octanol–water partition coefficient (Wildman–Crippen LogP) is 5.56. The minimum Gasteiger partial charge on any atom is -0.393 e. The Bertz CT molecular complexity index is 793. The van der Waals surface area contributed by atoms with Crippen LogP contribution in [0.3, 0.4) is 0 Å². The van der Waals surface area contributed by atoms with Crippen LogP contribution >= 0.6 is 0 Å². The molecule has 33 heavy (non-hydrogen) atoms. The Labute approximate surface area is 200 Å². The van der Waals surface area contributed by atoms with Gasteiger partial charge in [-0.15, -0.1) is 0 Å². The number of piperidine rings is 1. The van der Waals surface area contributed by atoms with E-state index in [0.717, 1.165) is 37.1 Å². The highest BCUT2D eigenvalue weighted by Crippen LogP contribution is 2.59. The van der Waals surface area contributed by atoms with Crippen LogP contribution in [0, 0.1) is 23.2 Å². The van der Waals surface area contributed by atoms with Crippen molar-refractivity contribution in [1.82, 2.24) is 4.90 Å². The summed E-state index contributed by atoms with van der Waals surface area (Å²) in [6, 6.07) is 0. The molecule has 3 aliphatic carbocycles. The fourth-order valence-corrected chi connectivity index (χ4v) is 7.53. The van der Waals surface area contributed by atoms with E-state index in [9.17, 15) is 15.0 Å². The molecule has 4 fully saturated rings. The smallest absolute Gasteiger partial charge is 0.222 e. The van der Waals surface area contributed by atoms with Gasteiger partial charge in [-0.1, -0.05) is 38.2 Å². The summed E-state index contributed by atoms with van der Waals surface area (Å²) in [5.74, 6) is 2.24. The third kappa shape index (κ3) is 5.32. The van der Waals surface area contributed by atoms with E-state index >= 15 is 0 Å². The Morgan fingerprint density at radius 1 is 1.18 bits per heavy atom. The third-order valence-corrected chi connectivity index (χ3v) is 9.51. The van der Waals surface area contributed by atoms with E-state index in [0.29, 0.717) is 48.3 Å². The van der Waals surface area contributed by atoms with Gasteiger partial charge in [0.1, 0.15) is 0 Å². The highest BCUT2D eigenvalue weighted by molar-refractivity contribution is 5.76. The van der Waals surface area contributed by atoms with Crippen LogP contribution in [0.1, 0.15) is 90.9 Å². The van der Waals surface area contributed by atoms with E-state index in [4.69, 9.17) is 0 Å². The molecule has 0 aromatic heterocycles. The minimum atomic E-state index is -0.626. The highest BCUT2D eigenvalue weighted by Gasteiger charge is 2.50. The van der Waals surface area contributed by atoms with Crippen molar-refractivity contribution >= 4 is 5.91 Å². The first-order valence-corrected chi connectivity index (χ1v) is 13.5. The van der Waals surface area contributed by atoms with Crippen molar-refractivity contribution < 1.29 is 15.0 Å².